The van der Waals surface area contributed by atoms with Gasteiger partial charge in [0, 0.05) is 17.7 Å². The molecule has 0 unspecified atom stereocenters. The van der Waals surface area contributed by atoms with Gasteiger partial charge in [-0.3, -0.25) is 10.1 Å². The maximum absolute atomic E-state index is 10.5. The number of ether oxygens (including phenoxy) is 1. The highest BCUT2D eigenvalue weighted by atomic mass is 16.6. The number of allylic oxidation sites excluding steroid dienone is 1. The Morgan fingerprint density at radius 1 is 1.26 bits per heavy atom. The van der Waals surface area contributed by atoms with Crippen LogP contribution in [0, 0.1) is 10.1 Å². The monoisotopic (exact) mass is 254 g/mol. The van der Waals surface area contributed by atoms with E-state index in [9.17, 15) is 10.1 Å². The van der Waals surface area contributed by atoms with E-state index in [0.717, 1.165) is 23.3 Å². The predicted molar refractivity (Wildman–Crippen MR) is 70.1 cm³/mol. The molecular weight excluding hydrogens is 244 g/mol. The molecule has 0 fully saturated rings. The van der Waals surface area contributed by atoms with Crippen molar-refractivity contribution in [3.63, 3.8) is 0 Å². The summed E-state index contributed by atoms with van der Waals surface area (Å²) in [6.45, 7) is 0. The standard InChI is InChI=1S/C14H10N2O3/c17-16(18)11-7-8-14(15-9-11)19-13-6-2-4-10-3-1-5-12(10)13/h1-4,6-9H,5H2. The Balaban J connectivity index is 1.86. The maximum atomic E-state index is 10.5. The molecule has 0 spiro atoms. The van der Waals surface area contributed by atoms with E-state index in [2.05, 4.69) is 11.1 Å². The van der Waals surface area contributed by atoms with Crippen molar-refractivity contribution in [1.82, 2.24) is 4.98 Å². The van der Waals surface area contributed by atoms with Crippen molar-refractivity contribution in [3.05, 3.63) is 63.8 Å². The largest absolute Gasteiger partial charge is 0.439 e. The summed E-state index contributed by atoms with van der Waals surface area (Å²) in [6.07, 6.45) is 6.14. The topological polar surface area (TPSA) is 65.3 Å². The lowest BCUT2D eigenvalue weighted by Crippen LogP contribution is -1.94. The van der Waals surface area contributed by atoms with Gasteiger partial charge < -0.3 is 4.74 Å². The summed E-state index contributed by atoms with van der Waals surface area (Å²) in [7, 11) is 0. The Morgan fingerprint density at radius 2 is 2.16 bits per heavy atom. The number of rotatable bonds is 3. The third-order valence-corrected chi connectivity index (χ3v) is 2.93. The van der Waals surface area contributed by atoms with Gasteiger partial charge in [0.25, 0.3) is 5.69 Å². The molecule has 3 rings (SSSR count). The molecule has 0 radical (unpaired) electrons. The number of hydrogen-bond acceptors (Lipinski definition) is 4. The summed E-state index contributed by atoms with van der Waals surface area (Å²) in [5.41, 5.74) is 2.20. The maximum Gasteiger partial charge on any atom is 0.287 e. The lowest BCUT2D eigenvalue weighted by molar-refractivity contribution is -0.385. The molecule has 0 N–H and O–H groups in total. The molecule has 0 atom stereocenters. The van der Waals surface area contributed by atoms with Crippen molar-refractivity contribution < 1.29 is 9.66 Å². The Hall–Kier alpha value is -2.69. The minimum Gasteiger partial charge on any atom is -0.439 e. The van der Waals surface area contributed by atoms with E-state index in [1.165, 1.54) is 18.3 Å². The van der Waals surface area contributed by atoms with Crippen LogP contribution in [0.25, 0.3) is 6.08 Å². The van der Waals surface area contributed by atoms with E-state index >= 15 is 0 Å². The van der Waals surface area contributed by atoms with Gasteiger partial charge in [0.1, 0.15) is 11.9 Å². The smallest absolute Gasteiger partial charge is 0.287 e. The normalized spacial score (nSPS) is 12.2. The second-order valence-corrected chi connectivity index (χ2v) is 4.14. The summed E-state index contributed by atoms with van der Waals surface area (Å²) in [5, 5.41) is 10.5. The second kappa shape index (κ2) is 4.53. The lowest BCUT2D eigenvalue weighted by atomic mass is 10.1. The number of fused-ring (bicyclic) bond motifs is 1. The van der Waals surface area contributed by atoms with Gasteiger partial charge in [0.2, 0.25) is 5.88 Å². The van der Waals surface area contributed by atoms with E-state index in [1.807, 2.05) is 24.3 Å². The molecule has 0 amide bonds. The molecule has 94 valence electrons. The van der Waals surface area contributed by atoms with E-state index in [4.69, 9.17) is 4.74 Å². The van der Waals surface area contributed by atoms with Crippen LogP contribution in [0.1, 0.15) is 11.1 Å². The lowest BCUT2D eigenvalue weighted by Gasteiger charge is -2.09. The fourth-order valence-corrected chi connectivity index (χ4v) is 2.01. The zero-order chi connectivity index (χ0) is 13.2. The number of nitro groups is 1. The zero-order valence-electron chi connectivity index (χ0n) is 9.95. The summed E-state index contributed by atoms with van der Waals surface area (Å²) in [4.78, 5) is 14.0. The Morgan fingerprint density at radius 3 is 2.89 bits per heavy atom. The number of nitrogens with zero attached hydrogens (tertiary/aromatic N) is 2. The van der Waals surface area contributed by atoms with Crippen LogP contribution in [0.2, 0.25) is 0 Å². The number of benzene rings is 1. The van der Waals surface area contributed by atoms with Gasteiger partial charge in [-0.15, -0.1) is 0 Å². The summed E-state index contributed by atoms with van der Waals surface area (Å²) in [6, 6.07) is 8.68. The van der Waals surface area contributed by atoms with Crippen molar-refractivity contribution in [2.24, 2.45) is 0 Å². The van der Waals surface area contributed by atoms with E-state index in [1.54, 1.807) is 0 Å². The molecule has 1 heterocycles. The predicted octanol–water partition coefficient (Wildman–Crippen LogP) is 3.35. The molecule has 0 aliphatic heterocycles. The first kappa shape index (κ1) is 11.4. The van der Waals surface area contributed by atoms with Crippen LogP contribution >= 0.6 is 0 Å². The van der Waals surface area contributed by atoms with Crippen LogP contribution in [0.4, 0.5) is 5.69 Å². The Bertz CT molecular complexity index is 663. The van der Waals surface area contributed by atoms with E-state index in [-0.39, 0.29) is 5.69 Å². The molecule has 1 aromatic carbocycles. The molecule has 1 aliphatic rings. The highest BCUT2D eigenvalue weighted by Crippen LogP contribution is 2.31. The summed E-state index contributed by atoms with van der Waals surface area (Å²) in [5.74, 6) is 1.09. The molecule has 1 aliphatic carbocycles. The van der Waals surface area contributed by atoms with Crippen LogP contribution < -0.4 is 4.74 Å². The van der Waals surface area contributed by atoms with Crippen LogP contribution in [0.5, 0.6) is 11.6 Å². The molecule has 2 aromatic rings. The van der Waals surface area contributed by atoms with Crippen LogP contribution in [-0.2, 0) is 6.42 Å². The summed E-state index contributed by atoms with van der Waals surface area (Å²) < 4.78 is 5.68. The van der Waals surface area contributed by atoms with Gasteiger partial charge in [0.15, 0.2) is 0 Å². The highest BCUT2D eigenvalue weighted by Gasteiger charge is 2.12. The third-order valence-electron chi connectivity index (χ3n) is 2.93. The van der Waals surface area contributed by atoms with Crippen molar-refractivity contribution in [3.8, 4) is 11.6 Å². The van der Waals surface area contributed by atoms with Gasteiger partial charge in [-0.2, -0.15) is 0 Å². The van der Waals surface area contributed by atoms with Crippen molar-refractivity contribution >= 4 is 11.8 Å². The van der Waals surface area contributed by atoms with Crippen LogP contribution in [0.3, 0.4) is 0 Å². The molecule has 0 saturated heterocycles. The van der Waals surface area contributed by atoms with Gasteiger partial charge >= 0.3 is 0 Å². The fraction of sp³-hybridized carbons (Fsp3) is 0.0714. The molecule has 5 nitrogen and oxygen atoms in total. The Kier molecular flexibility index (Phi) is 2.72. The quantitative estimate of drug-likeness (QED) is 0.622. The minimum absolute atomic E-state index is 0.0488. The number of aromatic nitrogens is 1. The SMILES string of the molecule is O=[N+]([O-])c1ccc(Oc2cccc3c2CC=C3)nc1. The summed E-state index contributed by atoms with van der Waals surface area (Å²) >= 11 is 0. The highest BCUT2D eigenvalue weighted by molar-refractivity contribution is 5.64. The molecular formula is C14H10N2O3. The molecule has 0 bridgehead atoms. The van der Waals surface area contributed by atoms with Crippen molar-refractivity contribution in [2.75, 3.05) is 0 Å². The van der Waals surface area contributed by atoms with Crippen molar-refractivity contribution in [1.29, 1.82) is 0 Å². The van der Waals surface area contributed by atoms with Gasteiger partial charge in [-0.1, -0.05) is 24.3 Å². The van der Waals surface area contributed by atoms with Crippen LogP contribution in [-0.4, -0.2) is 9.91 Å². The molecule has 1 aromatic heterocycles. The van der Waals surface area contributed by atoms with E-state index < -0.39 is 4.92 Å². The molecule has 0 saturated carbocycles. The average Bonchev–Trinajstić information content (AvgIpc) is 2.89. The number of pyridine rings is 1. The minimum atomic E-state index is -0.485. The number of hydrogen-bond donors (Lipinski definition) is 0. The van der Waals surface area contributed by atoms with Crippen LogP contribution in [0.15, 0.2) is 42.6 Å². The first-order valence-corrected chi connectivity index (χ1v) is 5.81. The zero-order valence-corrected chi connectivity index (χ0v) is 9.95. The second-order valence-electron chi connectivity index (χ2n) is 4.14. The first-order chi connectivity index (χ1) is 9.24. The average molecular weight is 254 g/mol. The third kappa shape index (κ3) is 2.18. The van der Waals surface area contributed by atoms with Gasteiger partial charge in [0.05, 0.1) is 4.92 Å². The van der Waals surface area contributed by atoms with Gasteiger partial charge in [-0.05, 0) is 18.1 Å². The van der Waals surface area contributed by atoms with Gasteiger partial charge in [-0.25, -0.2) is 4.98 Å². The Labute approximate surface area is 109 Å². The van der Waals surface area contributed by atoms with Crippen molar-refractivity contribution in [2.45, 2.75) is 6.42 Å². The van der Waals surface area contributed by atoms with E-state index in [0.29, 0.717) is 5.88 Å². The fourth-order valence-electron chi connectivity index (χ4n) is 2.01. The molecule has 19 heavy (non-hydrogen) atoms. The first-order valence-electron chi connectivity index (χ1n) is 5.81. The molecule has 5 heteroatoms.